The highest BCUT2D eigenvalue weighted by Crippen LogP contribution is 2.21. The van der Waals surface area contributed by atoms with Crippen molar-refractivity contribution in [3.63, 3.8) is 0 Å². The zero-order chi connectivity index (χ0) is 15.9. The second kappa shape index (κ2) is 7.51. The van der Waals surface area contributed by atoms with Crippen molar-refractivity contribution < 1.29 is 9.59 Å². The van der Waals surface area contributed by atoms with E-state index in [-0.39, 0.29) is 17.5 Å². The van der Waals surface area contributed by atoms with E-state index in [2.05, 4.69) is 0 Å². The summed E-state index contributed by atoms with van der Waals surface area (Å²) in [5.41, 5.74) is 2.04. The van der Waals surface area contributed by atoms with Gasteiger partial charge < -0.3 is 0 Å². The predicted octanol–water partition coefficient (Wildman–Crippen LogP) is 4.72. The third-order valence-corrected chi connectivity index (χ3v) is 3.73. The Labute approximate surface area is 131 Å². The number of Topliss-reactive ketones (excluding diaryl/α,β-unsaturated/α-hetero) is 2. The van der Waals surface area contributed by atoms with E-state index < -0.39 is 0 Å². The molecule has 1 atom stereocenters. The standard InChI is InChI=1S/C20H20O2/c1-3-18(20(22)17-12-8-5-9-13-17)15(2)14-19(21)16-10-6-4-7-11-16/h3-13,15H,14H2,1-2H3/b18-3-/t15-/m1/s1. The van der Waals surface area contributed by atoms with Crippen LogP contribution in [0.4, 0.5) is 0 Å². The number of hydrogen-bond acceptors (Lipinski definition) is 2. The molecule has 0 spiro atoms. The van der Waals surface area contributed by atoms with Crippen LogP contribution in [0.3, 0.4) is 0 Å². The Morgan fingerprint density at radius 1 is 0.909 bits per heavy atom. The fourth-order valence-corrected chi connectivity index (χ4v) is 2.53. The molecule has 2 heteroatoms. The second-order valence-electron chi connectivity index (χ2n) is 5.33. The summed E-state index contributed by atoms with van der Waals surface area (Å²) in [6.45, 7) is 3.77. The van der Waals surface area contributed by atoms with E-state index in [1.165, 1.54) is 0 Å². The van der Waals surface area contributed by atoms with Gasteiger partial charge in [0.2, 0.25) is 0 Å². The Kier molecular flexibility index (Phi) is 5.42. The Balaban J connectivity index is 2.12. The van der Waals surface area contributed by atoms with Crippen molar-refractivity contribution in [3.8, 4) is 0 Å². The number of ketones is 2. The number of allylic oxidation sites excluding steroid dienone is 2. The molecule has 0 unspecified atom stereocenters. The van der Waals surface area contributed by atoms with Gasteiger partial charge in [0.15, 0.2) is 11.6 Å². The van der Waals surface area contributed by atoms with Crippen LogP contribution in [0.15, 0.2) is 72.3 Å². The molecule has 2 aromatic rings. The minimum absolute atomic E-state index is 0.00328. The highest BCUT2D eigenvalue weighted by molar-refractivity contribution is 6.09. The summed E-state index contributed by atoms with van der Waals surface area (Å²) < 4.78 is 0. The van der Waals surface area contributed by atoms with Crippen molar-refractivity contribution in [1.29, 1.82) is 0 Å². The molecule has 0 aliphatic heterocycles. The average Bonchev–Trinajstić information content (AvgIpc) is 2.57. The number of carbonyl (C=O) groups is 2. The lowest BCUT2D eigenvalue weighted by Crippen LogP contribution is -2.15. The lowest BCUT2D eigenvalue weighted by molar-refractivity contribution is 0.0962. The van der Waals surface area contributed by atoms with Crippen LogP contribution in [0, 0.1) is 5.92 Å². The molecule has 0 aromatic heterocycles. The first kappa shape index (κ1) is 15.9. The van der Waals surface area contributed by atoms with Gasteiger partial charge in [0.05, 0.1) is 0 Å². The zero-order valence-corrected chi connectivity index (χ0v) is 13.0. The van der Waals surface area contributed by atoms with E-state index in [1.54, 1.807) is 12.1 Å². The van der Waals surface area contributed by atoms with Crippen LogP contribution in [0.25, 0.3) is 0 Å². The maximum atomic E-state index is 12.6. The van der Waals surface area contributed by atoms with Crippen LogP contribution >= 0.6 is 0 Å². The van der Waals surface area contributed by atoms with Gasteiger partial charge in [-0.1, -0.05) is 73.7 Å². The van der Waals surface area contributed by atoms with E-state index in [0.29, 0.717) is 23.1 Å². The Morgan fingerprint density at radius 2 is 1.41 bits per heavy atom. The third-order valence-electron chi connectivity index (χ3n) is 3.73. The summed E-state index contributed by atoms with van der Waals surface area (Å²) in [6, 6.07) is 18.4. The van der Waals surface area contributed by atoms with Gasteiger partial charge in [-0.3, -0.25) is 9.59 Å². The van der Waals surface area contributed by atoms with Crippen LogP contribution in [-0.2, 0) is 0 Å². The van der Waals surface area contributed by atoms with Crippen molar-refractivity contribution in [2.75, 3.05) is 0 Å². The molecule has 0 saturated carbocycles. The lowest BCUT2D eigenvalue weighted by atomic mass is 9.88. The van der Waals surface area contributed by atoms with E-state index in [9.17, 15) is 9.59 Å². The number of benzene rings is 2. The van der Waals surface area contributed by atoms with Crippen LogP contribution in [0.1, 0.15) is 41.0 Å². The molecule has 0 bridgehead atoms. The Hall–Kier alpha value is -2.48. The first-order chi connectivity index (χ1) is 10.6. The summed E-state index contributed by atoms with van der Waals surface area (Å²) >= 11 is 0. The first-order valence-electron chi connectivity index (χ1n) is 7.47. The van der Waals surface area contributed by atoms with E-state index >= 15 is 0 Å². The molecule has 2 aromatic carbocycles. The first-order valence-corrected chi connectivity index (χ1v) is 7.47. The number of rotatable bonds is 6. The minimum atomic E-state index is -0.106. The van der Waals surface area contributed by atoms with Gasteiger partial charge in [0.1, 0.15) is 0 Å². The van der Waals surface area contributed by atoms with Gasteiger partial charge in [-0.05, 0) is 18.4 Å². The Bertz CT molecular complexity index is 669. The summed E-state index contributed by atoms with van der Waals surface area (Å²) in [5.74, 6) is -0.0461. The topological polar surface area (TPSA) is 34.1 Å². The highest BCUT2D eigenvalue weighted by Gasteiger charge is 2.20. The van der Waals surface area contributed by atoms with E-state index in [1.807, 2.05) is 68.5 Å². The van der Waals surface area contributed by atoms with E-state index in [0.717, 1.165) is 0 Å². The predicted molar refractivity (Wildman–Crippen MR) is 89.1 cm³/mol. The molecule has 2 nitrogen and oxygen atoms in total. The fourth-order valence-electron chi connectivity index (χ4n) is 2.53. The van der Waals surface area contributed by atoms with Gasteiger partial charge in [-0.15, -0.1) is 0 Å². The largest absolute Gasteiger partial charge is 0.294 e. The van der Waals surface area contributed by atoms with Crippen LogP contribution in [-0.4, -0.2) is 11.6 Å². The monoisotopic (exact) mass is 292 g/mol. The summed E-state index contributed by atoms with van der Waals surface area (Å²) in [6.07, 6.45) is 2.15. The maximum absolute atomic E-state index is 12.6. The van der Waals surface area contributed by atoms with Crippen molar-refractivity contribution in [3.05, 3.63) is 83.4 Å². The SMILES string of the molecule is C/C=C(\C(=O)c1ccccc1)[C@H](C)CC(=O)c1ccccc1. The van der Waals surface area contributed by atoms with Crippen molar-refractivity contribution in [2.24, 2.45) is 5.92 Å². The zero-order valence-electron chi connectivity index (χ0n) is 13.0. The summed E-state index contributed by atoms with van der Waals surface area (Å²) in [7, 11) is 0. The molecule has 0 amide bonds. The molecule has 0 saturated heterocycles. The van der Waals surface area contributed by atoms with Crippen molar-refractivity contribution in [2.45, 2.75) is 20.3 Å². The lowest BCUT2D eigenvalue weighted by Gasteiger charge is -2.14. The minimum Gasteiger partial charge on any atom is -0.294 e. The Morgan fingerprint density at radius 3 is 1.91 bits per heavy atom. The van der Waals surface area contributed by atoms with Crippen LogP contribution in [0.2, 0.25) is 0 Å². The van der Waals surface area contributed by atoms with Gasteiger partial charge in [-0.2, -0.15) is 0 Å². The van der Waals surface area contributed by atoms with Gasteiger partial charge in [-0.25, -0.2) is 0 Å². The quantitative estimate of drug-likeness (QED) is 0.570. The number of hydrogen-bond donors (Lipinski definition) is 0. The third kappa shape index (κ3) is 3.79. The number of carbonyl (C=O) groups excluding carboxylic acids is 2. The van der Waals surface area contributed by atoms with Crippen LogP contribution < -0.4 is 0 Å². The molecule has 0 N–H and O–H groups in total. The van der Waals surface area contributed by atoms with Gasteiger partial charge in [0, 0.05) is 17.5 Å². The average molecular weight is 292 g/mol. The molecule has 0 heterocycles. The smallest absolute Gasteiger partial charge is 0.188 e. The molecule has 112 valence electrons. The summed E-state index contributed by atoms with van der Waals surface area (Å²) in [4.78, 5) is 24.9. The molecule has 2 rings (SSSR count). The summed E-state index contributed by atoms with van der Waals surface area (Å²) in [5, 5.41) is 0. The maximum Gasteiger partial charge on any atom is 0.188 e. The molecule has 22 heavy (non-hydrogen) atoms. The fraction of sp³-hybridized carbons (Fsp3) is 0.200. The van der Waals surface area contributed by atoms with Crippen LogP contribution in [0.5, 0.6) is 0 Å². The molecular weight excluding hydrogens is 272 g/mol. The molecule has 0 aliphatic carbocycles. The van der Waals surface area contributed by atoms with Crippen molar-refractivity contribution >= 4 is 11.6 Å². The van der Waals surface area contributed by atoms with Gasteiger partial charge >= 0.3 is 0 Å². The second-order valence-corrected chi connectivity index (χ2v) is 5.33. The molecular formula is C20H20O2. The molecule has 0 aliphatic rings. The normalized spacial score (nSPS) is 12.7. The van der Waals surface area contributed by atoms with Gasteiger partial charge in [0.25, 0.3) is 0 Å². The van der Waals surface area contributed by atoms with Crippen molar-refractivity contribution in [1.82, 2.24) is 0 Å². The van der Waals surface area contributed by atoms with E-state index in [4.69, 9.17) is 0 Å². The molecule has 0 radical (unpaired) electrons. The molecule has 0 fully saturated rings. The highest BCUT2D eigenvalue weighted by atomic mass is 16.1.